The molecule has 0 fully saturated rings. The molecule has 0 saturated carbocycles. The van der Waals surface area contributed by atoms with Crippen LogP contribution in [0.5, 0.6) is 0 Å². The quantitative estimate of drug-likeness (QED) is 0.641. The van der Waals surface area contributed by atoms with Gasteiger partial charge in [-0.1, -0.05) is 20.3 Å². The van der Waals surface area contributed by atoms with E-state index in [0.717, 1.165) is 6.42 Å². The molecule has 1 N–H and O–H groups in total. The average Bonchev–Trinajstić information content (AvgIpc) is 2.08. The highest BCUT2D eigenvalue weighted by molar-refractivity contribution is 6.66. The molecule has 1 atom stereocenters. The van der Waals surface area contributed by atoms with E-state index in [9.17, 15) is 0 Å². The van der Waals surface area contributed by atoms with Crippen LogP contribution >= 0.6 is 0 Å². The molecule has 3 nitrogen and oxygen atoms in total. The number of rotatable bonds is 5. The Morgan fingerprint density at radius 1 is 1.36 bits per heavy atom. The second-order valence-electron chi connectivity index (χ2n) is 2.64. The van der Waals surface area contributed by atoms with Crippen molar-refractivity contribution in [2.24, 2.45) is 0 Å². The monoisotopic (exact) mass is 177 g/mol. The van der Waals surface area contributed by atoms with Crippen LogP contribution in [0, 0.1) is 0 Å². The highest BCUT2D eigenvalue weighted by atomic mass is 28.4. The molecule has 0 radical (unpaired) electrons. The van der Waals surface area contributed by atoms with Crippen molar-refractivity contribution in [1.29, 1.82) is 0 Å². The van der Waals surface area contributed by atoms with Crippen molar-refractivity contribution in [3.8, 4) is 0 Å². The molecule has 4 heteroatoms. The minimum absolute atomic E-state index is 0.475. The van der Waals surface area contributed by atoms with E-state index < -0.39 is 8.72 Å². The lowest BCUT2D eigenvalue weighted by Gasteiger charge is -2.30. The summed E-state index contributed by atoms with van der Waals surface area (Å²) in [7, 11) is 3.24. The number of nitrogens with one attached hydrogen (secondary N) is 1. The zero-order valence-corrected chi connectivity index (χ0v) is 9.10. The summed E-state index contributed by atoms with van der Waals surface area (Å²) < 4.78 is 10.8. The minimum Gasteiger partial charge on any atom is -0.386 e. The van der Waals surface area contributed by atoms with Crippen LogP contribution in [-0.2, 0) is 8.85 Å². The summed E-state index contributed by atoms with van der Waals surface area (Å²) >= 11 is 0. The summed E-state index contributed by atoms with van der Waals surface area (Å²) in [5.74, 6) is 0. The Morgan fingerprint density at radius 2 is 1.82 bits per heavy atom. The molecule has 11 heavy (non-hydrogen) atoms. The van der Waals surface area contributed by atoms with E-state index in [0.29, 0.717) is 5.54 Å². The average molecular weight is 177 g/mol. The van der Waals surface area contributed by atoms with Crippen molar-refractivity contribution in [3.05, 3.63) is 0 Å². The van der Waals surface area contributed by atoms with Gasteiger partial charge in [-0.2, -0.15) is 0 Å². The first kappa shape index (κ1) is 11.1. The molecule has 0 bridgehead atoms. The van der Waals surface area contributed by atoms with Gasteiger partial charge in [0.15, 0.2) is 0 Å². The molecule has 0 aromatic rings. The van der Waals surface area contributed by atoms with Crippen LogP contribution in [0.25, 0.3) is 0 Å². The first-order valence-electron chi connectivity index (χ1n) is 3.96. The second kappa shape index (κ2) is 4.87. The van der Waals surface area contributed by atoms with E-state index in [-0.39, 0.29) is 0 Å². The Hall–Kier alpha value is 0.0969. The Labute approximate surface area is 70.4 Å². The standard InChI is InChI=1S/C7H19NO2Si/c1-6-7(2)11(8-3,9-4)10-5/h7-8H,6H2,1-5H3. The fourth-order valence-electron chi connectivity index (χ4n) is 1.20. The molecule has 0 heterocycles. The first-order valence-corrected chi connectivity index (χ1v) is 5.85. The zero-order chi connectivity index (χ0) is 8.91. The zero-order valence-electron chi connectivity index (χ0n) is 8.10. The van der Waals surface area contributed by atoms with Crippen molar-refractivity contribution >= 4 is 8.72 Å². The third-order valence-corrected chi connectivity index (χ3v) is 5.83. The molecule has 0 saturated heterocycles. The van der Waals surface area contributed by atoms with E-state index in [1.807, 2.05) is 7.05 Å². The molecule has 0 aliphatic carbocycles. The third-order valence-electron chi connectivity index (χ3n) is 2.22. The smallest absolute Gasteiger partial charge is 0.386 e. The lowest BCUT2D eigenvalue weighted by Crippen LogP contribution is -2.56. The Morgan fingerprint density at radius 3 is 1.91 bits per heavy atom. The highest BCUT2D eigenvalue weighted by Crippen LogP contribution is 2.22. The summed E-state index contributed by atoms with van der Waals surface area (Å²) in [6.07, 6.45) is 1.08. The van der Waals surface area contributed by atoms with Gasteiger partial charge in [-0.15, -0.1) is 0 Å². The van der Waals surface area contributed by atoms with E-state index in [1.54, 1.807) is 14.2 Å². The van der Waals surface area contributed by atoms with Crippen molar-refractivity contribution < 1.29 is 8.85 Å². The van der Waals surface area contributed by atoms with Gasteiger partial charge < -0.3 is 8.85 Å². The molecule has 1 unspecified atom stereocenters. The summed E-state index contributed by atoms with van der Waals surface area (Å²) in [6, 6.07) is 0. The number of hydrogen-bond donors (Lipinski definition) is 1. The lowest BCUT2D eigenvalue weighted by atomic mass is 10.4. The fourth-order valence-corrected chi connectivity index (χ4v) is 3.61. The van der Waals surface area contributed by atoms with Gasteiger partial charge in [0, 0.05) is 19.8 Å². The molecular weight excluding hydrogens is 158 g/mol. The third kappa shape index (κ3) is 2.26. The first-order chi connectivity index (χ1) is 5.16. The molecule has 0 amide bonds. The van der Waals surface area contributed by atoms with Crippen molar-refractivity contribution in [2.75, 3.05) is 21.3 Å². The fraction of sp³-hybridized carbons (Fsp3) is 1.00. The van der Waals surface area contributed by atoms with Crippen LogP contribution in [-0.4, -0.2) is 30.0 Å². The van der Waals surface area contributed by atoms with Crippen LogP contribution in [0.2, 0.25) is 5.54 Å². The SMILES string of the molecule is CCC(C)[Si](NC)(OC)OC. The van der Waals surface area contributed by atoms with Crippen molar-refractivity contribution in [1.82, 2.24) is 4.98 Å². The van der Waals surface area contributed by atoms with E-state index in [2.05, 4.69) is 18.8 Å². The van der Waals surface area contributed by atoms with Gasteiger partial charge in [-0.05, 0) is 7.05 Å². The molecule has 68 valence electrons. The van der Waals surface area contributed by atoms with Gasteiger partial charge in [-0.3, -0.25) is 4.98 Å². The second-order valence-corrected chi connectivity index (χ2v) is 6.27. The van der Waals surface area contributed by atoms with Crippen LogP contribution in [0.1, 0.15) is 20.3 Å². The molecule has 0 aromatic heterocycles. The molecule has 0 spiro atoms. The Balaban J connectivity index is 4.26. The maximum atomic E-state index is 5.39. The summed E-state index contributed by atoms with van der Waals surface area (Å²) in [5.41, 5.74) is 0.475. The predicted octanol–water partition coefficient (Wildman–Crippen LogP) is 1.24. The normalized spacial score (nSPS) is 15.0. The Bertz CT molecular complexity index is 98.3. The van der Waals surface area contributed by atoms with E-state index in [4.69, 9.17) is 8.85 Å². The van der Waals surface area contributed by atoms with Crippen molar-refractivity contribution in [2.45, 2.75) is 25.8 Å². The van der Waals surface area contributed by atoms with E-state index in [1.165, 1.54) is 0 Å². The van der Waals surface area contributed by atoms with Gasteiger partial charge in [0.2, 0.25) is 0 Å². The van der Waals surface area contributed by atoms with Crippen LogP contribution in [0.4, 0.5) is 0 Å². The largest absolute Gasteiger partial charge is 0.427 e. The summed E-state index contributed by atoms with van der Waals surface area (Å²) in [6.45, 7) is 4.29. The molecule has 0 aromatic carbocycles. The summed E-state index contributed by atoms with van der Waals surface area (Å²) in [5, 5.41) is 0. The van der Waals surface area contributed by atoms with Gasteiger partial charge in [0.05, 0.1) is 0 Å². The topological polar surface area (TPSA) is 30.5 Å². The molecule has 0 aliphatic rings. The van der Waals surface area contributed by atoms with Gasteiger partial charge in [0.1, 0.15) is 0 Å². The molecule has 0 aliphatic heterocycles. The maximum Gasteiger partial charge on any atom is 0.427 e. The van der Waals surface area contributed by atoms with Crippen LogP contribution < -0.4 is 4.98 Å². The summed E-state index contributed by atoms with van der Waals surface area (Å²) in [4.78, 5) is 3.16. The predicted molar refractivity (Wildman–Crippen MR) is 48.5 cm³/mol. The molecule has 0 rings (SSSR count). The lowest BCUT2D eigenvalue weighted by molar-refractivity contribution is 0.218. The van der Waals surface area contributed by atoms with Gasteiger partial charge >= 0.3 is 8.72 Å². The minimum atomic E-state index is -2.07. The Kier molecular flexibility index (Phi) is 4.91. The van der Waals surface area contributed by atoms with Gasteiger partial charge in [-0.25, -0.2) is 0 Å². The van der Waals surface area contributed by atoms with Crippen LogP contribution in [0.15, 0.2) is 0 Å². The van der Waals surface area contributed by atoms with Gasteiger partial charge in [0.25, 0.3) is 0 Å². The highest BCUT2D eigenvalue weighted by Gasteiger charge is 2.40. The maximum absolute atomic E-state index is 5.39. The number of hydrogen-bond acceptors (Lipinski definition) is 3. The van der Waals surface area contributed by atoms with Crippen LogP contribution in [0.3, 0.4) is 0 Å². The molecular formula is C7H19NO2Si. The van der Waals surface area contributed by atoms with E-state index >= 15 is 0 Å². The van der Waals surface area contributed by atoms with Crippen molar-refractivity contribution in [3.63, 3.8) is 0 Å².